The maximum Gasteiger partial charge on any atom is 0.325 e. The van der Waals surface area contributed by atoms with Gasteiger partial charge in [-0.1, -0.05) is 63.1 Å². The summed E-state index contributed by atoms with van der Waals surface area (Å²) in [5, 5.41) is -1.91. The Morgan fingerprint density at radius 1 is 0.651 bits per heavy atom. The molecule has 0 spiro atoms. The first-order valence-corrected chi connectivity index (χ1v) is 17.0. The van der Waals surface area contributed by atoms with Crippen molar-refractivity contribution in [1.82, 2.24) is 0 Å². The summed E-state index contributed by atoms with van der Waals surface area (Å²) < 4.78 is 26.3. The van der Waals surface area contributed by atoms with Crippen LogP contribution in [0.4, 0.5) is 0 Å². The molecule has 0 amide bonds. The van der Waals surface area contributed by atoms with Gasteiger partial charge in [0.25, 0.3) is 0 Å². The van der Waals surface area contributed by atoms with Crippen LogP contribution in [0.1, 0.15) is 94.6 Å². The molecule has 0 saturated carbocycles. The summed E-state index contributed by atoms with van der Waals surface area (Å²) in [7, 11) is -5.06. The third-order valence-electron chi connectivity index (χ3n) is 7.40. The molecule has 9 heteroatoms. The van der Waals surface area contributed by atoms with Crippen LogP contribution in [0.25, 0.3) is 0 Å². The number of hydrogen-bond acceptors (Lipinski definition) is 7. The maximum absolute atomic E-state index is 15.5. The van der Waals surface area contributed by atoms with Gasteiger partial charge in [0.05, 0.1) is 13.2 Å². The van der Waals surface area contributed by atoms with E-state index in [1.807, 2.05) is 41.5 Å². The van der Waals surface area contributed by atoms with Gasteiger partial charge in [0.1, 0.15) is 0 Å². The Balaban J connectivity index is 2.88. The Morgan fingerprint density at radius 3 is 1.30 bits per heavy atom. The Hall–Kier alpha value is -2.76. The first-order chi connectivity index (χ1) is 19.9. The molecular formula is C34H46ClO7P. The molecule has 0 aliphatic rings. The van der Waals surface area contributed by atoms with Crippen LogP contribution in [-0.4, -0.2) is 47.2 Å². The summed E-state index contributed by atoms with van der Waals surface area (Å²) in [6, 6.07) is 6.97. The average Bonchev–Trinajstić information content (AvgIpc) is 2.86. The molecule has 2 rings (SSSR count). The van der Waals surface area contributed by atoms with E-state index < -0.39 is 41.2 Å². The van der Waals surface area contributed by atoms with Gasteiger partial charge in [-0.2, -0.15) is 0 Å². The van der Waals surface area contributed by atoms with E-state index >= 15 is 4.57 Å². The Labute approximate surface area is 261 Å². The molecule has 0 saturated heterocycles. The summed E-state index contributed by atoms with van der Waals surface area (Å²) >= 11 is 6.65. The van der Waals surface area contributed by atoms with E-state index in [9.17, 15) is 19.2 Å². The molecular weight excluding hydrogens is 587 g/mol. The summed E-state index contributed by atoms with van der Waals surface area (Å²) in [5.41, 5.74) is -0.335. The van der Waals surface area contributed by atoms with Crippen LogP contribution in [0.5, 0.6) is 0 Å². The lowest BCUT2D eigenvalue weighted by atomic mass is 10.0. The van der Waals surface area contributed by atoms with E-state index in [1.54, 1.807) is 52.0 Å². The number of alkyl halides is 1. The maximum atomic E-state index is 15.5. The van der Waals surface area contributed by atoms with Crippen LogP contribution in [0.15, 0.2) is 24.3 Å². The molecule has 0 aliphatic heterocycles. The summed E-state index contributed by atoms with van der Waals surface area (Å²) in [6.45, 7) is 18.1. The number of ether oxygens (including phenoxy) is 2. The monoisotopic (exact) mass is 632 g/mol. The van der Waals surface area contributed by atoms with Gasteiger partial charge < -0.3 is 14.0 Å². The van der Waals surface area contributed by atoms with E-state index in [0.717, 1.165) is 11.1 Å². The lowest BCUT2D eigenvalue weighted by Gasteiger charge is -2.29. The van der Waals surface area contributed by atoms with Crippen LogP contribution in [0, 0.1) is 53.4 Å². The molecule has 43 heavy (non-hydrogen) atoms. The van der Waals surface area contributed by atoms with E-state index in [2.05, 4.69) is 0 Å². The van der Waals surface area contributed by atoms with Crippen LogP contribution in [0.3, 0.4) is 0 Å². The predicted octanol–water partition coefficient (Wildman–Crippen LogP) is 8.04. The minimum absolute atomic E-state index is 0.00733. The highest BCUT2D eigenvalue weighted by molar-refractivity contribution is 7.96. The fraction of sp³-hybridized carbons (Fsp3) is 0.529. The molecule has 0 bridgehead atoms. The molecule has 236 valence electrons. The fourth-order valence-electron chi connectivity index (χ4n) is 5.25. The minimum atomic E-state index is -5.06. The van der Waals surface area contributed by atoms with Gasteiger partial charge >= 0.3 is 11.9 Å². The Morgan fingerprint density at radius 2 is 0.977 bits per heavy atom. The third kappa shape index (κ3) is 8.67. The highest BCUT2D eigenvalue weighted by Gasteiger charge is 2.57. The van der Waals surface area contributed by atoms with Gasteiger partial charge in [-0.25, -0.2) is 0 Å². The zero-order chi connectivity index (χ0) is 32.8. The van der Waals surface area contributed by atoms with E-state index in [4.69, 9.17) is 21.1 Å². The lowest BCUT2D eigenvalue weighted by Crippen LogP contribution is -2.42. The number of rotatable bonds is 14. The van der Waals surface area contributed by atoms with Crippen molar-refractivity contribution < 1.29 is 33.2 Å². The fourth-order valence-corrected chi connectivity index (χ4v) is 8.81. The first kappa shape index (κ1) is 36.4. The predicted molar refractivity (Wildman–Crippen MR) is 172 cm³/mol. The van der Waals surface area contributed by atoms with Crippen molar-refractivity contribution in [2.75, 3.05) is 13.2 Å². The van der Waals surface area contributed by atoms with Crippen molar-refractivity contribution in [1.29, 1.82) is 0 Å². The van der Waals surface area contributed by atoms with Crippen molar-refractivity contribution in [3.63, 3.8) is 0 Å². The molecule has 0 aromatic heterocycles. The zero-order valence-corrected chi connectivity index (χ0v) is 28.8. The SMILES string of the molecule is Cc1cc(C)c(C(=O)P(=O)(C(=O)c2c(C)cc(C)cc2C)C(C(=O)OCCC(C)C)C(Cl)C(=O)OCCC(C)C)c(C)c1. The highest BCUT2D eigenvalue weighted by Crippen LogP contribution is 2.59. The second-order valence-electron chi connectivity index (χ2n) is 12.4. The van der Waals surface area contributed by atoms with Crippen molar-refractivity contribution in [3.05, 3.63) is 68.8 Å². The second kappa shape index (κ2) is 15.3. The second-order valence-corrected chi connectivity index (χ2v) is 15.5. The minimum Gasteiger partial charge on any atom is -0.465 e. The van der Waals surface area contributed by atoms with Crippen LogP contribution >= 0.6 is 18.7 Å². The quantitative estimate of drug-likeness (QED) is 0.118. The molecule has 0 heterocycles. The topological polar surface area (TPSA) is 104 Å². The molecule has 0 radical (unpaired) electrons. The Kier molecular flexibility index (Phi) is 13.0. The van der Waals surface area contributed by atoms with Crippen LogP contribution < -0.4 is 0 Å². The smallest absolute Gasteiger partial charge is 0.325 e. The number of esters is 2. The number of benzene rings is 2. The van der Waals surface area contributed by atoms with E-state index in [0.29, 0.717) is 35.1 Å². The largest absolute Gasteiger partial charge is 0.465 e. The summed E-state index contributed by atoms with van der Waals surface area (Å²) in [5.74, 6) is -1.79. The molecule has 2 aromatic rings. The van der Waals surface area contributed by atoms with Crippen molar-refractivity contribution in [3.8, 4) is 0 Å². The molecule has 0 fully saturated rings. The molecule has 0 aliphatic carbocycles. The zero-order valence-electron chi connectivity index (χ0n) is 27.1. The van der Waals surface area contributed by atoms with Gasteiger partial charge in [-0.05, 0) is 88.5 Å². The van der Waals surface area contributed by atoms with Crippen LogP contribution in [0.2, 0.25) is 0 Å². The van der Waals surface area contributed by atoms with Crippen LogP contribution in [-0.2, 0) is 23.6 Å². The number of halogens is 1. The van der Waals surface area contributed by atoms with Gasteiger partial charge in [0.2, 0.25) is 18.2 Å². The summed E-state index contributed by atoms with van der Waals surface area (Å²) in [6.07, 6.45) is 1.00. The highest BCUT2D eigenvalue weighted by atomic mass is 35.5. The van der Waals surface area contributed by atoms with Gasteiger partial charge in [0.15, 0.2) is 11.0 Å². The molecule has 2 unspecified atom stereocenters. The Bertz CT molecular complexity index is 1310. The summed E-state index contributed by atoms with van der Waals surface area (Å²) in [4.78, 5) is 56.3. The normalized spacial score (nSPS) is 13.1. The average molecular weight is 633 g/mol. The van der Waals surface area contributed by atoms with Crippen molar-refractivity contribution in [2.45, 2.75) is 93.1 Å². The van der Waals surface area contributed by atoms with Gasteiger partial charge in [-0.3, -0.25) is 19.2 Å². The molecule has 2 aromatic carbocycles. The molecule has 0 N–H and O–H groups in total. The van der Waals surface area contributed by atoms with Crippen molar-refractivity contribution >= 4 is 41.7 Å². The molecule has 2 atom stereocenters. The number of aryl methyl sites for hydroxylation is 6. The number of carbonyl (C=O) groups is 4. The third-order valence-corrected chi connectivity index (χ3v) is 11.0. The lowest BCUT2D eigenvalue weighted by molar-refractivity contribution is -0.149. The first-order valence-electron chi connectivity index (χ1n) is 14.8. The van der Waals surface area contributed by atoms with E-state index in [1.165, 1.54) is 0 Å². The number of carbonyl (C=O) groups excluding carboxylic acids is 4. The van der Waals surface area contributed by atoms with E-state index in [-0.39, 0.29) is 36.2 Å². The molecule has 7 nitrogen and oxygen atoms in total. The van der Waals surface area contributed by atoms with Gasteiger partial charge in [0, 0.05) is 11.1 Å². The van der Waals surface area contributed by atoms with Gasteiger partial charge in [-0.15, -0.1) is 11.6 Å². The number of hydrogen-bond donors (Lipinski definition) is 0. The standard InChI is InChI=1S/C34H46ClO7P/c1-19(2)11-13-41-31(36)29(35)30(32(37)42-14-12-20(3)4)43(40,33(38)27-23(7)15-21(5)16-24(27)8)34(39)28-25(9)17-22(6)18-26(28)10/h15-20,29-30H,11-14H2,1-10H3. The van der Waals surface area contributed by atoms with Crippen molar-refractivity contribution in [2.24, 2.45) is 11.8 Å².